The van der Waals surface area contributed by atoms with Gasteiger partial charge in [-0.1, -0.05) is 0 Å². The predicted molar refractivity (Wildman–Crippen MR) is 41.0 cm³/mol. The molecule has 0 amide bonds. The zero-order valence-electron chi connectivity index (χ0n) is 7.68. The summed E-state index contributed by atoms with van der Waals surface area (Å²) in [7, 11) is 0. The summed E-state index contributed by atoms with van der Waals surface area (Å²) in [5, 5.41) is 14.0. The zero-order chi connectivity index (χ0) is 12.4. The molecule has 0 saturated heterocycles. The lowest BCUT2D eigenvalue weighted by Crippen LogP contribution is -2.41. The van der Waals surface area contributed by atoms with Gasteiger partial charge in [0.15, 0.2) is 6.61 Å². The van der Waals surface area contributed by atoms with E-state index in [0.29, 0.717) is 0 Å². The normalized spacial score (nSPS) is 12.9. The molecule has 0 bridgehead atoms. The molecule has 0 spiro atoms. The van der Waals surface area contributed by atoms with Gasteiger partial charge in [0, 0.05) is 0 Å². The third kappa shape index (κ3) is 2.60. The average molecular weight is 246 g/mol. The maximum Gasteiger partial charge on any atom is 0.456 e. The summed E-state index contributed by atoms with van der Waals surface area (Å²) in [6.07, 6.45) is -4.62. The average Bonchev–Trinajstić information content (AvgIpc) is 2.60. The van der Waals surface area contributed by atoms with Crippen LogP contribution in [-0.4, -0.2) is 34.0 Å². The highest BCUT2D eigenvalue weighted by Gasteiger charge is 2.58. The molecule has 4 nitrogen and oxygen atoms in total. The molecule has 0 aliphatic heterocycles. The van der Waals surface area contributed by atoms with Gasteiger partial charge in [-0.3, -0.25) is 0 Å². The Hall–Kier alpha value is -1.38. The number of ether oxygens (including phenoxy) is 1. The van der Waals surface area contributed by atoms with E-state index < -0.39 is 31.2 Å². The second kappa shape index (κ2) is 4.24. The molecular weight excluding hydrogens is 239 g/mol. The van der Waals surface area contributed by atoms with E-state index in [9.17, 15) is 22.0 Å². The van der Waals surface area contributed by atoms with Gasteiger partial charge < -0.3 is 9.84 Å². The fourth-order valence-electron chi connectivity index (χ4n) is 0.781. The highest BCUT2D eigenvalue weighted by molar-refractivity contribution is 5.21. The van der Waals surface area contributed by atoms with Crippen LogP contribution in [0.1, 0.15) is 5.56 Å². The van der Waals surface area contributed by atoms with Crippen LogP contribution in [0.4, 0.5) is 22.0 Å². The van der Waals surface area contributed by atoms with Crippen molar-refractivity contribution < 1.29 is 31.8 Å². The van der Waals surface area contributed by atoms with Crippen LogP contribution in [0, 0.1) is 0 Å². The largest absolute Gasteiger partial charge is 0.471 e. The molecule has 1 aromatic rings. The van der Waals surface area contributed by atoms with Crippen molar-refractivity contribution in [3.63, 3.8) is 0 Å². The van der Waals surface area contributed by atoms with Gasteiger partial charge in [-0.2, -0.15) is 27.1 Å². The Morgan fingerprint density at radius 3 is 2.44 bits per heavy atom. The summed E-state index contributed by atoms with van der Waals surface area (Å²) in [4.78, 5) is 0. The molecule has 0 atom stereocenters. The molecule has 1 aromatic heterocycles. The number of halogens is 5. The van der Waals surface area contributed by atoms with E-state index in [4.69, 9.17) is 5.11 Å². The van der Waals surface area contributed by atoms with Crippen molar-refractivity contribution in [1.82, 2.24) is 10.2 Å². The summed E-state index contributed by atoms with van der Waals surface area (Å²) < 4.78 is 64.3. The van der Waals surface area contributed by atoms with Crippen molar-refractivity contribution in [3.05, 3.63) is 11.8 Å². The first-order valence-electron chi connectivity index (χ1n) is 3.98. The molecule has 16 heavy (non-hydrogen) atoms. The van der Waals surface area contributed by atoms with Crippen molar-refractivity contribution in [3.8, 4) is 5.88 Å². The lowest BCUT2D eigenvalue weighted by Gasteiger charge is -2.19. The van der Waals surface area contributed by atoms with Crippen LogP contribution in [-0.2, 0) is 6.61 Å². The van der Waals surface area contributed by atoms with Gasteiger partial charge in [-0.15, -0.1) is 0 Å². The van der Waals surface area contributed by atoms with E-state index in [1.165, 1.54) is 0 Å². The number of aromatic nitrogens is 2. The second-order valence-electron chi connectivity index (χ2n) is 2.87. The van der Waals surface area contributed by atoms with Gasteiger partial charge in [-0.25, -0.2) is 5.10 Å². The number of aromatic amines is 1. The van der Waals surface area contributed by atoms with Crippen LogP contribution in [0.2, 0.25) is 0 Å². The number of hydrogen-bond donors (Lipinski definition) is 2. The Kier molecular flexibility index (Phi) is 3.36. The van der Waals surface area contributed by atoms with Crippen LogP contribution in [0.5, 0.6) is 5.88 Å². The van der Waals surface area contributed by atoms with Crippen LogP contribution in [0.25, 0.3) is 0 Å². The minimum Gasteiger partial charge on any atom is -0.471 e. The lowest BCUT2D eigenvalue weighted by molar-refractivity contribution is -0.290. The molecule has 2 N–H and O–H groups in total. The molecule has 0 fully saturated rings. The monoisotopic (exact) mass is 246 g/mol. The topological polar surface area (TPSA) is 58.1 Å². The van der Waals surface area contributed by atoms with E-state index in [1.54, 1.807) is 0 Å². The smallest absolute Gasteiger partial charge is 0.456 e. The van der Waals surface area contributed by atoms with Crippen LogP contribution < -0.4 is 4.74 Å². The Labute approximate surface area is 86.0 Å². The van der Waals surface area contributed by atoms with Gasteiger partial charge in [0.2, 0.25) is 5.88 Å². The lowest BCUT2D eigenvalue weighted by atomic mass is 10.3. The van der Waals surface area contributed by atoms with Crippen molar-refractivity contribution in [2.24, 2.45) is 0 Å². The highest BCUT2D eigenvalue weighted by Crippen LogP contribution is 2.35. The van der Waals surface area contributed by atoms with Crippen molar-refractivity contribution in [2.75, 3.05) is 6.61 Å². The van der Waals surface area contributed by atoms with E-state index in [1.807, 2.05) is 5.10 Å². The van der Waals surface area contributed by atoms with E-state index in [-0.39, 0.29) is 5.56 Å². The number of H-pyrrole nitrogens is 1. The Morgan fingerprint density at radius 2 is 1.94 bits per heavy atom. The maximum atomic E-state index is 12.4. The first kappa shape index (κ1) is 12.7. The molecule has 0 unspecified atom stereocenters. The third-order valence-electron chi connectivity index (χ3n) is 1.66. The maximum absolute atomic E-state index is 12.4. The summed E-state index contributed by atoms with van der Waals surface area (Å²) in [6.45, 7) is -2.45. The molecule has 9 heteroatoms. The summed E-state index contributed by atoms with van der Waals surface area (Å²) in [6, 6.07) is 0. The molecule has 0 saturated carbocycles. The van der Waals surface area contributed by atoms with Crippen LogP contribution >= 0.6 is 0 Å². The number of nitrogens with one attached hydrogen (secondary N) is 1. The van der Waals surface area contributed by atoms with E-state index in [2.05, 4.69) is 9.84 Å². The number of aliphatic hydroxyl groups is 1. The predicted octanol–water partition coefficient (Wildman–Crippen LogP) is 1.48. The third-order valence-corrected chi connectivity index (χ3v) is 1.66. The van der Waals surface area contributed by atoms with Crippen LogP contribution in [0.3, 0.4) is 0 Å². The summed E-state index contributed by atoms with van der Waals surface area (Å²) >= 11 is 0. The number of nitrogens with zero attached hydrogens (tertiary/aromatic N) is 1. The molecule has 0 aliphatic carbocycles. The summed E-state index contributed by atoms with van der Waals surface area (Å²) in [5.41, 5.74) is -0.00188. The van der Waals surface area contributed by atoms with Gasteiger partial charge in [0.1, 0.15) is 0 Å². The molecular formula is C7H7F5N2O2. The molecule has 0 aliphatic rings. The Bertz CT molecular complexity index is 349. The number of aliphatic hydroxyl groups excluding tert-OH is 1. The van der Waals surface area contributed by atoms with Gasteiger partial charge in [0.05, 0.1) is 18.4 Å². The van der Waals surface area contributed by atoms with Crippen molar-refractivity contribution in [2.45, 2.75) is 18.7 Å². The van der Waals surface area contributed by atoms with Crippen molar-refractivity contribution in [1.29, 1.82) is 0 Å². The van der Waals surface area contributed by atoms with Crippen LogP contribution in [0.15, 0.2) is 6.20 Å². The minimum atomic E-state index is -5.67. The molecule has 1 heterocycles. The summed E-state index contributed by atoms with van der Waals surface area (Å²) in [5.74, 6) is -5.36. The number of rotatable bonds is 4. The fraction of sp³-hybridized carbons (Fsp3) is 0.571. The first-order valence-corrected chi connectivity index (χ1v) is 3.98. The fourth-order valence-corrected chi connectivity index (χ4v) is 0.781. The SMILES string of the molecule is OCc1cn[nH]c1OCC(F)(F)C(F)(F)F. The molecule has 1 rings (SSSR count). The van der Waals surface area contributed by atoms with E-state index >= 15 is 0 Å². The van der Waals surface area contributed by atoms with Gasteiger partial charge >= 0.3 is 12.1 Å². The Balaban J connectivity index is 2.65. The quantitative estimate of drug-likeness (QED) is 0.791. The van der Waals surface area contributed by atoms with E-state index in [0.717, 1.165) is 6.20 Å². The van der Waals surface area contributed by atoms with Gasteiger partial charge in [0.25, 0.3) is 0 Å². The second-order valence-corrected chi connectivity index (χ2v) is 2.87. The number of alkyl halides is 5. The Morgan fingerprint density at radius 1 is 1.31 bits per heavy atom. The number of hydrogen-bond acceptors (Lipinski definition) is 3. The minimum absolute atomic E-state index is 0.00188. The van der Waals surface area contributed by atoms with Gasteiger partial charge in [-0.05, 0) is 0 Å². The highest BCUT2D eigenvalue weighted by atomic mass is 19.4. The molecule has 0 radical (unpaired) electrons. The van der Waals surface area contributed by atoms with Crippen molar-refractivity contribution >= 4 is 0 Å². The molecule has 0 aromatic carbocycles. The zero-order valence-corrected chi connectivity index (χ0v) is 7.68. The standard InChI is InChI=1S/C7H7F5N2O2/c8-6(9,7(10,11)12)3-16-5-4(2-15)1-13-14-5/h1,15H,2-3H2,(H,13,14). The molecule has 92 valence electrons. The first-order chi connectivity index (χ1) is 7.28.